The van der Waals surface area contributed by atoms with Crippen LogP contribution in [0.1, 0.15) is 11.3 Å². The second kappa shape index (κ2) is 8.04. The molecule has 0 bridgehead atoms. The van der Waals surface area contributed by atoms with Crippen molar-refractivity contribution in [1.29, 1.82) is 0 Å². The summed E-state index contributed by atoms with van der Waals surface area (Å²) in [4.78, 5) is 3.80. The Hall–Kier alpha value is -4.22. The van der Waals surface area contributed by atoms with Crippen molar-refractivity contribution in [3.8, 4) is 23.3 Å². The summed E-state index contributed by atoms with van der Waals surface area (Å²) in [5, 5.41) is 18.3. The van der Waals surface area contributed by atoms with Gasteiger partial charge in [-0.15, -0.1) is 15.3 Å². The number of aromatic nitrogens is 6. The van der Waals surface area contributed by atoms with Crippen molar-refractivity contribution >= 4 is 16.4 Å². The lowest BCUT2D eigenvalue weighted by atomic mass is 10.2. The van der Waals surface area contributed by atoms with Gasteiger partial charge in [-0.25, -0.2) is 4.98 Å². The number of pyridine rings is 1. The highest BCUT2D eigenvalue weighted by molar-refractivity contribution is 5.96. The van der Waals surface area contributed by atoms with E-state index in [4.69, 9.17) is 14.0 Å². The highest BCUT2D eigenvalue weighted by Crippen LogP contribution is 2.31. The number of benzene rings is 1. The molecule has 5 rings (SSSR count). The standard InChI is InChI=1S/C21H15F3N6O3/c1-12-10-16(29-33-12)19-27-26-18-14-4-2-3-5-15(14)20(28-30(18)19)32-9-8-31-17-11-13(6-7-25-17)21(22,23)24/h2-7,10-11H,8-9H2,1H3. The van der Waals surface area contributed by atoms with Crippen molar-refractivity contribution in [3.05, 3.63) is 60.0 Å². The van der Waals surface area contributed by atoms with Gasteiger partial charge in [0.2, 0.25) is 17.6 Å². The third-order valence-corrected chi connectivity index (χ3v) is 4.72. The van der Waals surface area contributed by atoms with Gasteiger partial charge in [0, 0.05) is 29.1 Å². The molecule has 0 aliphatic rings. The largest absolute Gasteiger partial charge is 0.474 e. The Morgan fingerprint density at radius 1 is 1.00 bits per heavy atom. The number of hydrogen-bond donors (Lipinski definition) is 0. The minimum Gasteiger partial charge on any atom is -0.474 e. The molecule has 0 radical (unpaired) electrons. The van der Waals surface area contributed by atoms with Gasteiger partial charge in [-0.2, -0.15) is 17.7 Å². The Labute approximate surface area is 183 Å². The summed E-state index contributed by atoms with van der Waals surface area (Å²) >= 11 is 0. The molecule has 5 aromatic rings. The molecule has 0 atom stereocenters. The second-order valence-electron chi connectivity index (χ2n) is 7.01. The van der Waals surface area contributed by atoms with Crippen molar-refractivity contribution < 1.29 is 27.2 Å². The van der Waals surface area contributed by atoms with Crippen LogP contribution in [0.2, 0.25) is 0 Å². The molecule has 4 aromatic heterocycles. The summed E-state index contributed by atoms with van der Waals surface area (Å²) in [6.45, 7) is 1.73. The smallest absolute Gasteiger partial charge is 0.416 e. The van der Waals surface area contributed by atoms with E-state index in [2.05, 4.69) is 25.4 Å². The molecule has 0 spiro atoms. The van der Waals surface area contributed by atoms with Gasteiger partial charge < -0.3 is 14.0 Å². The van der Waals surface area contributed by atoms with Crippen LogP contribution in [0.25, 0.3) is 27.9 Å². The quantitative estimate of drug-likeness (QED) is 0.352. The number of halogens is 3. The van der Waals surface area contributed by atoms with Gasteiger partial charge in [-0.3, -0.25) is 0 Å². The maximum absolute atomic E-state index is 12.8. The van der Waals surface area contributed by atoms with Crippen LogP contribution in [-0.2, 0) is 6.18 Å². The fourth-order valence-corrected chi connectivity index (χ4v) is 3.24. The fraction of sp³-hybridized carbons (Fsp3) is 0.190. The molecule has 0 saturated heterocycles. The Kier molecular flexibility index (Phi) is 5.04. The molecule has 9 nitrogen and oxygen atoms in total. The van der Waals surface area contributed by atoms with E-state index in [1.54, 1.807) is 13.0 Å². The molecule has 33 heavy (non-hydrogen) atoms. The summed E-state index contributed by atoms with van der Waals surface area (Å²) < 4.78 is 56.3. The molecule has 0 N–H and O–H groups in total. The van der Waals surface area contributed by atoms with Gasteiger partial charge in [0.25, 0.3) is 0 Å². The Morgan fingerprint density at radius 2 is 1.79 bits per heavy atom. The first kappa shape index (κ1) is 20.7. The fourth-order valence-electron chi connectivity index (χ4n) is 3.24. The molecule has 0 amide bonds. The molecule has 4 heterocycles. The van der Waals surface area contributed by atoms with Crippen LogP contribution in [0.15, 0.2) is 53.2 Å². The zero-order chi connectivity index (χ0) is 23.0. The Morgan fingerprint density at radius 3 is 2.55 bits per heavy atom. The number of alkyl halides is 3. The van der Waals surface area contributed by atoms with Crippen LogP contribution in [0.3, 0.4) is 0 Å². The normalized spacial score (nSPS) is 11.9. The lowest BCUT2D eigenvalue weighted by molar-refractivity contribution is -0.137. The lowest BCUT2D eigenvalue weighted by Crippen LogP contribution is -2.12. The summed E-state index contributed by atoms with van der Waals surface area (Å²) in [5.74, 6) is 1.12. The second-order valence-corrected chi connectivity index (χ2v) is 7.01. The first-order chi connectivity index (χ1) is 15.9. The van der Waals surface area contributed by atoms with E-state index in [0.717, 1.165) is 23.7 Å². The van der Waals surface area contributed by atoms with E-state index >= 15 is 0 Å². The van der Waals surface area contributed by atoms with Crippen molar-refractivity contribution in [2.24, 2.45) is 0 Å². The maximum atomic E-state index is 12.8. The van der Waals surface area contributed by atoms with E-state index < -0.39 is 11.7 Å². The van der Waals surface area contributed by atoms with Gasteiger partial charge in [0.05, 0.1) is 5.56 Å². The predicted octanol–water partition coefficient (Wildman–Crippen LogP) is 4.11. The summed E-state index contributed by atoms with van der Waals surface area (Å²) in [6, 6.07) is 10.8. The number of ether oxygens (including phenoxy) is 2. The third-order valence-electron chi connectivity index (χ3n) is 4.72. The van der Waals surface area contributed by atoms with Crippen LogP contribution in [0.4, 0.5) is 13.2 Å². The zero-order valence-electron chi connectivity index (χ0n) is 17.1. The molecular weight excluding hydrogens is 441 g/mol. The van der Waals surface area contributed by atoms with Gasteiger partial charge in [-0.05, 0) is 19.1 Å². The molecule has 0 aliphatic carbocycles. The van der Waals surface area contributed by atoms with Gasteiger partial charge in [0.1, 0.15) is 19.0 Å². The number of nitrogens with zero attached hydrogens (tertiary/aromatic N) is 6. The SMILES string of the molecule is Cc1cc(-c2nnc3c4ccccc4c(OCCOc4cc(C(F)(F)F)ccn4)nn23)no1. The number of aryl methyl sites for hydroxylation is 1. The topological polar surface area (TPSA) is 100 Å². The number of hydrogen-bond acceptors (Lipinski definition) is 8. The van der Waals surface area contributed by atoms with Crippen molar-refractivity contribution in [1.82, 2.24) is 30.0 Å². The van der Waals surface area contributed by atoms with Gasteiger partial charge in [-0.1, -0.05) is 23.4 Å². The Bertz CT molecular complexity index is 1450. The first-order valence-electron chi connectivity index (χ1n) is 9.77. The van der Waals surface area contributed by atoms with Crippen molar-refractivity contribution in [3.63, 3.8) is 0 Å². The van der Waals surface area contributed by atoms with Crippen molar-refractivity contribution in [2.75, 3.05) is 13.2 Å². The van der Waals surface area contributed by atoms with Crippen molar-refractivity contribution in [2.45, 2.75) is 13.1 Å². The Balaban J connectivity index is 1.40. The molecule has 0 unspecified atom stereocenters. The van der Waals surface area contributed by atoms with E-state index in [1.807, 2.05) is 24.3 Å². The number of fused-ring (bicyclic) bond motifs is 3. The van der Waals surface area contributed by atoms with Crippen LogP contribution in [-0.4, -0.2) is 43.2 Å². The molecule has 0 aliphatic heterocycles. The van der Waals surface area contributed by atoms with E-state index in [0.29, 0.717) is 28.3 Å². The highest BCUT2D eigenvalue weighted by Gasteiger charge is 2.31. The van der Waals surface area contributed by atoms with E-state index in [9.17, 15) is 13.2 Å². The lowest BCUT2D eigenvalue weighted by Gasteiger charge is -2.11. The average Bonchev–Trinajstić information content (AvgIpc) is 3.42. The van der Waals surface area contributed by atoms with Crippen LogP contribution < -0.4 is 9.47 Å². The van der Waals surface area contributed by atoms with Crippen LogP contribution >= 0.6 is 0 Å². The van der Waals surface area contributed by atoms with E-state index in [-0.39, 0.29) is 25.0 Å². The molecule has 1 aromatic carbocycles. The van der Waals surface area contributed by atoms with E-state index in [1.165, 1.54) is 4.52 Å². The third kappa shape index (κ3) is 4.02. The summed E-state index contributed by atoms with van der Waals surface area (Å²) in [6.07, 6.45) is -3.43. The summed E-state index contributed by atoms with van der Waals surface area (Å²) in [7, 11) is 0. The maximum Gasteiger partial charge on any atom is 0.416 e. The number of rotatable bonds is 6. The minimum absolute atomic E-state index is 0.0148. The van der Waals surface area contributed by atoms with Crippen LogP contribution in [0, 0.1) is 6.92 Å². The molecule has 0 fully saturated rings. The molecule has 168 valence electrons. The minimum atomic E-state index is -4.48. The first-order valence-corrected chi connectivity index (χ1v) is 9.77. The van der Waals surface area contributed by atoms with Gasteiger partial charge in [0.15, 0.2) is 11.3 Å². The predicted molar refractivity (Wildman–Crippen MR) is 109 cm³/mol. The summed E-state index contributed by atoms with van der Waals surface area (Å²) in [5.41, 5.74) is 0.139. The van der Waals surface area contributed by atoms with Crippen LogP contribution in [0.5, 0.6) is 11.8 Å². The molecule has 12 heteroatoms. The molecular formula is C21H15F3N6O3. The molecule has 0 saturated carbocycles. The average molecular weight is 456 g/mol. The van der Waals surface area contributed by atoms with Gasteiger partial charge >= 0.3 is 6.18 Å². The zero-order valence-corrected chi connectivity index (χ0v) is 17.1. The monoisotopic (exact) mass is 456 g/mol. The highest BCUT2D eigenvalue weighted by atomic mass is 19.4.